The summed E-state index contributed by atoms with van der Waals surface area (Å²) in [5.41, 5.74) is 6.47. The van der Waals surface area contributed by atoms with Crippen molar-refractivity contribution in [2.45, 2.75) is 32.1 Å². The average Bonchev–Trinajstić information content (AvgIpc) is 2.69. The van der Waals surface area contributed by atoms with Crippen LogP contribution >= 0.6 is 0 Å². The van der Waals surface area contributed by atoms with Crippen LogP contribution in [-0.2, 0) is 17.3 Å². The molecule has 0 spiro atoms. The maximum Gasteiger partial charge on any atom is 0.271 e. The van der Waals surface area contributed by atoms with Crippen molar-refractivity contribution in [2.24, 2.45) is 0 Å². The van der Waals surface area contributed by atoms with Gasteiger partial charge in [0.1, 0.15) is 5.69 Å². The van der Waals surface area contributed by atoms with Gasteiger partial charge in [-0.2, -0.15) is 5.10 Å². The van der Waals surface area contributed by atoms with E-state index >= 15 is 0 Å². The first kappa shape index (κ1) is 14.7. The fourth-order valence-electron chi connectivity index (χ4n) is 1.53. The summed E-state index contributed by atoms with van der Waals surface area (Å²) in [4.78, 5) is 11.9. The van der Waals surface area contributed by atoms with Gasteiger partial charge in [0.25, 0.3) is 5.91 Å². The van der Waals surface area contributed by atoms with Crippen LogP contribution in [0.4, 0.5) is 5.69 Å². The molecule has 7 heteroatoms. The van der Waals surface area contributed by atoms with Gasteiger partial charge in [0, 0.05) is 35.4 Å². The Kier molecular flexibility index (Phi) is 5.33. The number of carbonyl (C=O) groups is 1. The molecule has 6 nitrogen and oxygen atoms in total. The second-order valence-corrected chi connectivity index (χ2v) is 5.92. The fraction of sp³-hybridized carbons (Fsp3) is 0.636. The van der Waals surface area contributed by atoms with E-state index in [1.54, 1.807) is 10.9 Å². The number of rotatable bonds is 6. The molecule has 1 amide bonds. The maximum absolute atomic E-state index is 11.9. The van der Waals surface area contributed by atoms with Crippen molar-refractivity contribution in [3.8, 4) is 0 Å². The van der Waals surface area contributed by atoms with Gasteiger partial charge in [0.15, 0.2) is 0 Å². The minimum absolute atomic E-state index is 0.0683. The molecule has 0 bridgehead atoms. The van der Waals surface area contributed by atoms with Crippen molar-refractivity contribution < 1.29 is 9.00 Å². The van der Waals surface area contributed by atoms with Crippen LogP contribution in [0.3, 0.4) is 0 Å². The zero-order valence-corrected chi connectivity index (χ0v) is 11.8. The third-order valence-corrected chi connectivity index (χ3v) is 4.15. The van der Waals surface area contributed by atoms with Crippen molar-refractivity contribution >= 4 is 22.4 Å². The number of nitrogens with one attached hydrogen (secondary N) is 1. The van der Waals surface area contributed by atoms with E-state index in [4.69, 9.17) is 5.73 Å². The number of anilines is 1. The lowest BCUT2D eigenvalue weighted by Gasteiger charge is -2.10. The highest BCUT2D eigenvalue weighted by atomic mass is 32.2. The number of nitrogens with zero attached hydrogens (tertiary/aromatic N) is 2. The highest BCUT2D eigenvalue weighted by Gasteiger charge is 2.16. The lowest BCUT2D eigenvalue weighted by molar-refractivity contribution is 0.0943. The smallest absolute Gasteiger partial charge is 0.271 e. The maximum atomic E-state index is 11.9. The molecule has 1 heterocycles. The molecule has 3 N–H and O–H groups in total. The molecule has 0 aromatic carbocycles. The summed E-state index contributed by atoms with van der Waals surface area (Å²) in [6.45, 7) is 4.86. The van der Waals surface area contributed by atoms with Gasteiger partial charge in [-0.25, -0.2) is 0 Å². The van der Waals surface area contributed by atoms with E-state index in [0.717, 1.165) is 0 Å². The number of nitrogens with two attached hydrogens (primary N) is 1. The molecule has 0 saturated carbocycles. The van der Waals surface area contributed by atoms with Crippen LogP contribution in [0.5, 0.6) is 0 Å². The number of aromatic nitrogens is 2. The topological polar surface area (TPSA) is 90.0 Å². The number of amides is 1. The Bertz CT molecular complexity index is 444. The first-order chi connectivity index (χ1) is 8.47. The van der Waals surface area contributed by atoms with Gasteiger partial charge in [-0.1, -0.05) is 6.92 Å². The summed E-state index contributed by atoms with van der Waals surface area (Å²) in [5.74, 6) is -0.235. The predicted molar refractivity (Wildman–Crippen MR) is 72.8 cm³/mol. The summed E-state index contributed by atoms with van der Waals surface area (Å²) >= 11 is 0. The van der Waals surface area contributed by atoms with Crippen molar-refractivity contribution in [3.05, 3.63) is 11.9 Å². The molecule has 102 valence electrons. The number of carbonyl (C=O) groups excluding carboxylic acids is 1. The van der Waals surface area contributed by atoms with Crippen LogP contribution in [0.25, 0.3) is 0 Å². The molecule has 1 aromatic rings. The summed E-state index contributed by atoms with van der Waals surface area (Å²) in [6.07, 6.45) is 3.81. The normalized spacial score (nSPS) is 14.2. The second kappa shape index (κ2) is 6.53. The van der Waals surface area contributed by atoms with Crippen LogP contribution in [0, 0.1) is 0 Å². The van der Waals surface area contributed by atoms with Crippen LogP contribution in [0.2, 0.25) is 0 Å². The fourth-order valence-corrected chi connectivity index (χ4v) is 1.98. The Labute approximate surface area is 109 Å². The van der Waals surface area contributed by atoms with E-state index in [1.165, 1.54) is 6.20 Å². The van der Waals surface area contributed by atoms with Crippen LogP contribution < -0.4 is 11.1 Å². The van der Waals surface area contributed by atoms with Gasteiger partial charge >= 0.3 is 0 Å². The van der Waals surface area contributed by atoms with Gasteiger partial charge in [-0.15, -0.1) is 0 Å². The van der Waals surface area contributed by atoms with Crippen LogP contribution in [-0.4, -0.2) is 37.9 Å². The molecule has 18 heavy (non-hydrogen) atoms. The van der Waals surface area contributed by atoms with E-state index in [1.807, 2.05) is 13.8 Å². The van der Waals surface area contributed by atoms with Gasteiger partial charge in [-0.3, -0.25) is 13.7 Å². The molecule has 2 atom stereocenters. The van der Waals surface area contributed by atoms with E-state index in [2.05, 4.69) is 10.4 Å². The third-order valence-electron chi connectivity index (χ3n) is 2.79. The standard InChI is InChI=1S/C11H20N4O2S/c1-4-15-10(9(12)7-14-15)11(16)13-6-5-8(2)18(3)17/h7-8H,4-6,12H2,1-3H3,(H,13,16). The lowest BCUT2D eigenvalue weighted by Crippen LogP contribution is -2.30. The molecule has 1 aromatic heterocycles. The predicted octanol–water partition coefficient (Wildman–Crippen LogP) is 0.372. The molecule has 0 radical (unpaired) electrons. The Morgan fingerprint density at radius 1 is 1.67 bits per heavy atom. The number of aryl methyl sites for hydroxylation is 1. The minimum atomic E-state index is -0.866. The molecule has 0 saturated heterocycles. The van der Waals surface area contributed by atoms with Crippen molar-refractivity contribution in [2.75, 3.05) is 18.5 Å². The molecular weight excluding hydrogens is 252 g/mol. The quantitative estimate of drug-likeness (QED) is 0.783. The minimum Gasteiger partial charge on any atom is -0.396 e. The summed E-state index contributed by atoms with van der Waals surface area (Å²) in [7, 11) is -0.866. The van der Waals surface area contributed by atoms with Gasteiger partial charge in [-0.05, 0) is 13.3 Å². The molecule has 1 rings (SSSR count). The highest BCUT2D eigenvalue weighted by molar-refractivity contribution is 7.84. The monoisotopic (exact) mass is 272 g/mol. The Balaban J connectivity index is 2.55. The Morgan fingerprint density at radius 3 is 2.89 bits per heavy atom. The summed E-state index contributed by atoms with van der Waals surface area (Å²) < 4.78 is 12.7. The number of hydrogen-bond donors (Lipinski definition) is 2. The zero-order chi connectivity index (χ0) is 13.7. The Morgan fingerprint density at radius 2 is 2.33 bits per heavy atom. The summed E-state index contributed by atoms with van der Waals surface area (Å²) in [6, 6.07) is 0. The SMILES string of the molecule is CCn1ncc(N)c1C(=O)NCCC(C)S(C)=O. The molecule has 2 unspecified atom stereocenters. The van der Waals surface area contributed by atoms with Gasteiger partial charge in [0.2, 0.25) is 0 Å². The first-order valence-corrected chi connectivity index (χ1v) is 7.51. The van der Waals surface area contributed by atoms with E-state index in [9.17, 15) is 9.00 Å². The zero-order valence-electron chi connectivity index (χ0n) is 11.0. The van der Waals surface area contributed by atoms with E-state index in [-0.39, 0.29) is 11.2 Å². The molecule has 0 aliphatic heterocycles. The summed E-state index contributed by atoms with van der Waals surface area (Å²) in [5, 5.41) is 6.85. The average molecular weight is 272 g/mol. The lowest BCUT2D eigenvalue weighted by atomic mass is 10.3. The van der Waals surface area contributed by atoms with Crippen LogP contribution in [0.15, 0.2) is 6.20 Å². The molecule has 0 fully saturated rings. The third kappa shape index (κ3) is 3.56. The molecule has 0 aliphatic carbocycles. The van der Waals surface area contributed by atoms with E-state index < -0.39 is 10.8 Å². The number of hydrogen-bond acceptors (Lipinski definition) is 4. The van der Waals surface area contributed by atoms with Gasteiger partial charge in [0.05, 0.1) is 11.9 Å². The second-order valence-electron chi connectivity index (χ2n) is 4.12. The van der Waals surface area contributed by atoms with Crippen LogP contribution in [0.1, 0.15) is 30.8 Å². The van der Waals surface area contributed by atoms with Crippen molar-refractivity contribution in [1.29, 1.82) is 0 Å². The Hall–Kier alpha value is -1.37. The largest absolute Gasteiger partial charge is 0.396 e. The highest BCUT2D eigenvalue weighted by Crippen LogP contribution is 2.10. The molecule has 0 aliphatic rings. The van der Waals surface area contributed by atoms with E-state index in [0.29, 0.717) is 30.9 Å². The van der Waals surface area contributed by atoms with Crippen molar-refractivity contribution in [3.63, 3.8) is 0 Å². The molecular formula is C11H20N4O2S. The van der Waals surface area contributed by atoms with Gasteiger partial charge < -0.3 is 11.1 Å². The first-order valence-electron chi connectivity index (χ1n) is 5.89. The number of nitrogen functional groups attached to an aromatic ring is 1. The van der Waals surface area contributed by atoms with Crippen molar-refractivity contribution in [1.82, 2.24) is 15.1 Å².